The van der Waals surface area contributed by atoms with E-state index in [0.29, 0.717) is 0 Å². The van der Waals surface area contributed by atoms with Crippen LogP contribution in [0.25, 0.3) is 0 Å². The monoisotopic (exact) mass is 247 g/mol. The lowest BCUT2D eigenvalue weighted by atomic mass is 10.2. The van der Waals surface area contributed by atoms with E-state index in [1.54, 1.807) is 31.4 Å². The number of rotatable bonds is 4. The summed E-state index contributed by atoms with van der Waals surface area (Å²) in [6, 6.07) is 7.07. The zero-order valence-electron chi connectivity index (χ0n) is 8.69. The molecule has 0 aliphatic heterocycles. The minimum atomic E-state index is -1.97. The predicted molar refractivity (Wildman–Crippen MR) is 60.5 cm³/mol. The van der Waals surface area contributed by atoms with Crippen LogP contribution in [-0.4, -0.2) is 23.0 Å². The normalized spacial score (nSPS) is 10.0. The Hall–Kier alpha value is -1.36. The van der Waals surface area contributed by atoms with Crippen molar-refractivity contribution in [2.45, 2.75) is 6.61 Å². The number of nitrogens with one attached hydrogen (secondary N) is 1. The number of benzene rings is 1. The molecule has 7 heteroatoms. The highest BCUT2D eigenvalue weighted by molar-refractivity contribution is 7.43. The topological polar surface area (TPSA) is 93.4 Å². The second-order valence-corrected chi connectivity index (χ2v) is 3.77. The summed E-state index contributed by atoms with van der Waals surface area (Å²) in [5.41, 5.74) is 0.815. The molecule has 1 aromatic rings. The number of methoxy groups -OCH3 is 1. The van der Waals surface area contributed by atoms with Crippen molar-refractivity contribution in [3.8, 4) is 5.75 Å². The molecular weight excluding hydrogens is 233 g/mol. The number of carbonyl (C=O) groups is 1. The first-order valence-electron chi connectivity index (χ1n) is 4.41. The number of hydrogen-bond acceptors (Lipinski definition) is 3. The van der Waals surface area contributed by atoms with Crippen LogP contribution in [-0.2, 0) is 11.3 Å². The minimum Gasteiger partial charge on any atom is -0.497 e. The highest BCUT2D eigenvalue weighted by atomic mass is 31.2. The van der Waals surface area contributed by atoms with Gasteiger partial charge in [-0.15, -0.1) is 0 Å². The molecule has 0 radical (unpaired) electrons. The summed E-state index contributed by atoms with van der Waals surface area (Å²) in [4.78, 5) is 24.7. The molecule has 0 aliphatic carbocycles. The molecule has 0 aliphatic rings. The molecule has 0 bridgehead atoms. The van der Waals surface area contributed by atoms with Gasteiger partial charge in [0.15, 0.2) is 0 Å². The zero-order chi connectivity index (χ0) is 12.0. The van der Waals surface area contributed by atoms with E-state index in [-0.39, 0.29) is 6.61 Å². The fourth-order valence-corrected chi connectivity index (χ4v) is 1.24. The Bertz CT molecular complexity index is 340. The molecule has 0 saturated carbocycles. The van der Waals surface area contributed by atoms with E-state index in [9.17, 15) is 4.79 Å². The molecule has 0 spiro atoms. The van der Waals surface area contributed by atoms with Gasteiger partial charge in [-0.05, 0) is 17.7 Å². The summed E-state index contributed by atoms with van der Waals surface area (Å²) < 4.78 is 9.78. The molecule has 1 aromatic carbocycles. The number of amides is 1. The van der Waals surface area contributed by atoms with Gasteiger partial charge in [-0.1, -0.05) is 12.1 Å². The quantitative estimate of drug-likeness (QED) is 0.623. The van der Waals surface area contributed by atoms with E-state index in [4.69, 9.17) is 19.3 Å². The van der Waals surface area contributed by atoms with Crippen LogP contribution in [0.1, 0.15) is 5.56 Å². The second kappa shape index (κ2) is 6.27. The average Bonchev–Trinajstić information content (AvgIpc) is 2.26. The van der Waals surface area contributed by atoms with E-state index in [1.807, 2.05) is 5.09 Å². The van der Waals surface area contributed by atoms with Gasteiger partial charge >= 0.3 is 14.6 Å². The van der Waals surface area contributed by atoms with Crippen molar-refractivity contribution in [1.82, 2.24) is 5.09 Å². The summed E-state index contributed by atoms with van der Waals surface area (Å²) in [5, 5.41) is 2.05. The molecule has 0 atom stereocenters. The van der Waals surface area contributed by atoms with Crippen molar-refractivity contribution in [3.63, 3.8) is 0 Å². The van der Waals surface area contributed by atoms with E-state index < -0.39 is 14.6 Å². The Morgan fingerprint density at radius 1 is 1.38 bits per heavy atom. The van der Waals surface area contributed by atoms with Crippen LogP contribution in [0.5, 0.6) is 5.75 Å². The van der Waals surface area contributed by atoms with Gasteiger partial charge in [0.2, 0.25) is 0 Å². The summed E-state index contributed by atoms with van der Waals surface area (Å²) >= 11 is 0. The van der Waals surface area contributed by atoms with E-state index in [0.717, 1.165) is 11.3 Å². The van der Waals surface area contributed by atoms with Crippen LogP contribution in [0.3, 0.4) is 0 Å². The van der Waals surface area contributed by atoms with Gasteiger partial charge < -0.3 is 19.3 Å². The van der Waals surface area contributed by atoms with Gasteiger partial charge in [0, 0.05) is 0 Å². The molecule has 0 fully saturated rings. The lowest BCUT2D eigenvalue weighted by Crippen LogP contribution is -2.18. The molecular formula is C9H14NO5P+2. The molecule has 1 rings (SSSR count). The molecule has 0 aromatic heterocycles. The first-order valence-corrected chi connectivity index (χ1v) is 5.75. The Morgan fingerprint density at radius 2 is 2.00 bits per heavy atom. The van der Waals surface area contributed by atoms with Gasteiger partial charge in [-0.3, -0.25) is 0 Å². The SMILES string of the molecule is COc1ccc(COC(=O)NP([OH2+])[OH2+])cc1. The molecule has 5 N–H and O–H groups in total. The van der Waals surface area contributed by atoms with Crippen molar-refractivity contribution in [2.24, 2.45) is 0 Å². The molecule has 88 valence electrons. The third-order valence-electron chi connectivity index (χ3n) is 1.73. The highest BCUT2D eigenvalue weighted by Crippen LogP contribution is 2.16. The Labute approximate surface area is 93.8 Å². The third-order valence-corrected chi connectivity index (χ3v) is 2.14. The van der Waals surface area contributed by atoms with Crippen molar-refractivity contribution < 1.29 is 24.1 Å². The fraction of sp³-hybridized carbons (Fsp3) is 0.222. The first kappa shape index (κ1) is 12.7. The molecule has 0 unspecified atom stereocenters. The summed E-state index contributed by atoms with van der Waals surface area (Å²) in [7, 11) is -0.399. The summed E-state index contributed by atoms with van der Waals surface area (Å²) in [6.45, 7) is 0.110. The third kappa shape index (κ3) is 4.44. The van der Waals surface area contributed by atoms with Gasteiger partial charge in [-0.2, -0.15) is 5.09 Å². The second-order valence-electron chi connectivity index (χ2n) is 2.87. The maximum Gasteiger partial charge on any atom is 0.678 e. The fourth-order valence-electron chi connectivity index (χ4n) is 0.994. The highest BCUT2D eigenvalue weighted by Gasteiger charge is 2.19. The Balaban J connectivity index is 2.39. The standard InChI is InChI=1S/C9H12NO5P/c1-14-8-4-2-7(3-5-8)6-15-9(11)10-16(12)13/h2-5,12-13H,6H2,1H3,(H,10,11)/p+2. The van der Waals surface area contributed by atoms with Gasteiger partial charge in [0.25, 0.3) is 0 Å². The van der Waals surface area contributed by atoms with Crippen molar-refractivity contribution in [2.75, 3.05) is 7.11 Å². The maximum absolute atomic E-state index is 11.0. The summed E-state index contributed by atoms with van der Waals surface area (Å²) in [5.74, 6) is 0.731. The van der Waals surface area contributed by atoms with Crippen molar-refractivity contribution >= 4 is 14.6 Å². The van der Waals surface area contributed by atoms with Crippen LogP contribution in [0, 0.1) is 0 Å². The van der Waals surface area contributed by atoms with Crippen LogP contribution in [0.4, 0.5) is 4.79 Å². The maximum atomic E-state index is 11.0. The zero-order valence-corrected chi connectivity index (χ0v) is 9.58. The molecule has 1 amide bonds. The molecule has 16 heavy (non-hydrogen) atoms. The van der Waals surface area contributed by atoms with Gasteiger partial charge in [-0.25, -0.2) is 4.79 Å². The molecule has 0 heterocycles. The van der Waals surface area contributed by atoms with Crippen LogP contribution in [0.15, 0.2) is 24.3 Å². The van der Waals surface area contributed by atoms with E-state index in [1.165, 1.54) is 0 Å². The molecule has 0 saturated heterocycles. The predicted octanol–water partition coefficient (Wildman–Crippen LogP) is 0.597. The van der Waals surface area contributed by atoms with Crippen LogP contribution >= 0.6 is 8.53 Å². The lowest BCUT2D eigenvalue weighted by molar-refractivity contribution is 0.145. The number of carbonyl (C=O) groups excluding carboxylic acids is 1. The van der Waals surface area contributed by atoms with E-state index in [2.05, 4.69) is 0 Å². The minimum absolute atomic E-state index is 0.110. The Morgan fingerprint density at radius 3 is 2.50 bits per heavy atom. The van der Waals surface area contributed by atoms with Gasteiger partial charge in [0.05, 0.1) is 7.11 Å². The first-order chi connectivity index (χ1) is 7.61. The number of ether oxygens (including phenoxy) is 2. The van der Waals surface area contributed by atoms with Crippen molar-refractivity contribution in [3.05, 3.63) is 29.8 Å². The average molecular weight is 247 g/mol. The van der Waals surface area contributed by atoms with Gasteiger partial charge in [0.1, 0.15) is 12.4 Å². The number of hydrogen-bond donors (Lipinski definition) is 1. The smallest absolute Gasteiger partial charge is 0.497 e. The summed E-state index contributed by atoms with van der Waals surface area (Å²) in [6.07, 6.45) is -0.744. The molecule has 6 nitrogen and oxygen atoms in total. The van der Waals surface area contributed by atoms with E-state index >= 15 is 0 Å². The largest absolute Gasteiger partial charge is 0.678 e. The van der Waals surface area contributed by atoms with Crippen LogP contribution in [0.2, 0.25) is 0 Å². The van der Waals surface area contributed by atoms with Crippen molar-refractivity contribution in [1.29, 1.82) is 0 Å². The lowest BCUT2D eigenvalue weighted by Gasteiger charge is -2.04. The Kier molecular flexibility index (Phi) is 4.98. The van der Waals surface area contributed by atoms with Crippen LogP contribution < -0.4 is 9.82 Å².